The number of ether oxygens (including phenoxy) is 1. The van der Waals surface area contributed by atoms with Crippen molar-refractivity contribution in [2.75, 3.05) is 13.1 Å². The summed E-state index contributed by atoms with van der Waals surface area (Å²) in [5.41, 5.74) is -0.731. The van der Waals surface area contributed by atoms with Gasteiger partial charge in [0.1, 0.15) is 0 Å². The van der Waals surface area contributed by atoms with Crippen molar-refractivity contribution in [3.8, 4) is 0 Å². The van der Waals surface area contributed by atoms with Crippen molar-refractivity contribution in [2.24, 2.45) is 11.8 Å². The van der Waals surface area contributed by atoms with E-state index in [4.69, 9.17) is 4.74 Å². The van der Waals surface area contributed by atoms with Crippen LogP contribution in [-0.4, -0.2) is 46.8 Å². The van der Waals surface area contributed by atoms with Gasteiger partial charge >= 0.3 is 0 Å². The third-order valence-corrected chi connectivity index (χ3v) is 4.51. The van der Waals surface area contributed by atoms with Crippen LogP contribution in [-0.2, 0) is 9.53 Å². The van der Waals surface area contributed by atoms with E-state index in [1.807, 2.05) is 25.7 Å². The molecule has 0 radical (unpaired) electrons. The molecule has 0 aromatic carbocycles. The molecule has 2 fully saturated rings. The van der Waals surface area contributed by atoms with Gasteiger partial charge in [-0.1, -0.05) is 6.92 Å². The molecule has 2 rings (SSSR count). The molecule has 5 atom stereocenters. The first-order chi connectivity index (χ1) is 8.32. The largest absolute Gasteiger partial charge is 0.388 e. The molecule has 2 aliphatic rings. The molecule has 2 saturated heterocycles. The maximum atomic E-state index is 12.6. The maximum absolute atomic E-state index is 12.6. The Hall–Kier alpha value is -0.610. The molecule has 0 saturated carbocycles. The van der Waals surface area contributed by atoms with Gasteiger partial charge in [-0.25, -0.2) is 0 Å². The summed E-state index contributed by atoms with van der Waals surface area (Å²) in [5.74, 6) is 0.340. The fourth-order valence-electron chi connectivity index (χ4n) is 3.31. The van der Waals surface area contributed by atoms with Gasteiger partial charge in [-0.05, 0) is 39.5 Å². The van der Waals surface area contributed by atoms with Crippen LogP contribution < -0.4 is 0 Å². The van der Waals surface area contributed by atoms with Gasteiger partial charge in [-0.2, -0.15) is 0 Å². The number of piperidine rings is 1. The van der Waals surface area contributed by atoms with Gasteiger partial charge in [0.05, 0.1) is 23.7 Å². The fourth-order valence-corrected chi connectivity index (χ4v) is 3.31. The number of β-amino-alcohol motifs (C(OH)–C–C–N with tert-alkyl or cyclic N) is 1. The second-order valence-electron chi connectivity index (χ2n) is 6.29. The van der Waals surface area contributed by atoms with Crippen molar-refractivity contribution in [1.82, 2.24) is 4.90 Å². The second kappa shape index (κ2) is 4.82. The average molecular weight is 255 g/mol. The minimum Gasteiger partial charge on any atom is -0.388 e. The van der Waals surface area contributed by atoms with E-state index in [1.165, 1.54) is 0 Å². The SMILES string of the molecule is CC1OC(C)C(C(=O)N2CCCC(C)(O)C2)C1C. The molecular weight excluding hydrogens is 230 g/mol. The Bertz CT molecular complexity index is 329. The molecule has 2 aliphatic heterocycles. The van der Waals surface area contributed by atoms with Gasteiger partial charge in [0.25, 0.3) is 0 Å². The van der Waals surface area contributed by atoms with Crippen molar-refractivity contribution in [2.45, 2.75) is 58.3 Å². The highest BCUT2D eigenvalue weighted by atomic mass is 16.5. The third-order valence-electron chi connectivity index (χ3n) is 4.51. The van der Waals surface area contributed by atoms with Crippen molar-refractivity contribution >= 4 is 5.91 Å². The van der Waals surface area contributed by atoms with Crippen LogP contribution in [0, 0.1) is 11.8 Å². The summed E-state index contributed by atoms with van der Waals surface area (Å²) in [7, 11) is 0. The molecule has 5 unspecified atom stereocenters. The van der Waals surface area contributed by atoms with Crippen LogP contribution in [0.5, 0.6) is 0 Å². The number of rotatable bonds is 1. The van der Waals surface area contributed by atoms with Gasteiger partial charge < -0.3 is 14.7 Å². The first-order valence-corrected chi connectivity index (χ1v) is 6.98. The van der Waals surface area contributed by atoms with E-state index in [9.17, 15) is 9.90 Å². The summed E-state index contributed by atoms with van der Waals surface area (Å²) in [6, 6.07) is 0. The van der Waals surface area contributed by atoms with Crippen LogP contribution in [0.1, 0.15) is 40.5 Å². The number of carbonyl (C=O) groups is 1. The summed E-state index contributed by atoms with van der Waals surface area (Å²) in [4.78, 5) is 14.4. The molecule has 0 bridgehead atoms. The molecule has 0 aromatic rings. The average Bonchev–Trinajstić information content (AvgIpc) is 2.51. The van der Waals surface area contributed by atoms with Crippen molar-refractivity contribution in [3.63, 3.8) is 0 Å². The molecule has 1 amide bonds. The lowest BCUT2D eigenvalue weighted by Gasteiger charge is -2.38. The van der Waals surface area contributed by atoms with E-state index in [1.54, 1.807) is 0 Å². The lowest BCUT2D eigenvalue weighted by atomic mass is 9.86. The number of hydrogen-bond donors (Lipinski definition) is 1. The summed E-state index contributed by atoms with van der Waals surface area (Å²) >= 11 is 0. The number of likely N-dealkylation sites (tertiary alicyclic amines) is 1. The Labute approximate surface area is 109 Å². The van der Waals surface area contributed by atoms with Gasteiger partial charge in [-0.15, -0.1) is 0 Å². The molecule has 0 spiro atoms. The van der Waals surface area contributed by atoms with Crippen LogP contribution in [0.15, 0.2) is 0 Å². The monoisotopic (exact) mass is 255 g/mol. The Morgan fingerprint density at radius 1 is 1.33 bits per heavy atom. The van der Waals surface area contributed by atoms with Gasteiger partial charge in [0, 0.05) is 13.1 Å². The van der Waals surface area contributed by atoms with Crippen LogP contribution in [0.3, 0.4) is 0 Å². The normalized spacial score (nSPS) is 45.3. The van der Waals surface area contributed by atoms with E-state index >= 15 is 0 Å². The lowest BCUT2D eigenvalue weighted by molar-refractivity contribution is -0.144. The molecule has 18 heavy (non-hydrogen) atoms. The molecular formula is C14H25NO3. The number of nitrogens with zero attached hydrogens (tertiary/aromatic N) is 1. The zero-order chi connectivity index (χ0) is 13.5. The number of amides is 1. The Kier molecular flexibility index (Phi) is 3.70. The number of carbonyl (C=O) groups excluding carboxylic acids is 1. The van der Waals surface area contributed by atoms with Crippen molar-refractivity contribution in [1.29, 1.82) is 0 Å². The summed E-state index contributed by atoms with van der Waals surface area (Å²) in [6.45, 7) is 9.12. The molecule has 2 heterocycles. The standard InChI is InChI=1S/C14H25NO3/c1-9-10(2)18-11(3)12(9)13(16)15-7-5-6-14(4,17)8-15/h9-12,17H,5-8H2,1-4H3. The quantitative estimate of drug-likeness (QED) is 0.771. The van der Waals surface area contributed by atoms with Gasteiger partial charge in [0.15, 0.2) is 0 Å². The summed E-state index contributed by atoms with van der Waals surface area (Å²) in [5, 5.41) is 10.1. The minimum atomic E-state index is -0.731. The predicted octanol–water partition coefficient (Wildman–Crippen LogP) is 1.42. The fraction of sp³-hybridized carbons (Fsp3) is 0.929. The number of hydrogen-bond acceptors (Lipinski definition) is 3. The molecule has 0 aliphatic carbocycles. The first-order valence-electron chi connectivity index (χ1n) is 6.98. The Morgan fingerprint density at radius 2 is 2.00 bits per heavy atom. The molecule has 0 aromatic heterocycles. The van der Waals surface area contributed by atoms with Crippen LogP contribution in [0.25, 0.3) is 0 Å². The van der Waals surface area contributed by atoms with Crippen LogP contribution in [0.4, 0.5) is 0 Å². The zero-order valence-corrected chi connectivity index (χ0v) is 11.8. The van der Waals surface area contributed by atoms with E-state index in [0.717, 1.165) is 19.4 Å². The van der Waals surface area contributed by atoms with Gasteiger partial charge in [-0.3, -0.25) is 4.79 Å². The highest BCUT2D eigenvalue weighted by Gasteiger charge is 2.44. The lowest BCUT2D eigenvalue weighted by Crippen LogP contribution is -2.51. The maximum Gasteiger partial charge on any atom is 0.228 e. The van der Waals surface area contributed by atoms with E-state index in [2.05, 4.69) is 6.92 Å². The highest BCUT2D eigenvalue weighted by Crippen LogP contribution is 2.34. The topological polar surface area (TPSA) is 49.8 Å². The van der Waals surface area contributed by atoms with Gasteiger partial charge in [0.2, 0.25) is 5.91 Å². The van der Waals surface area contributed by atoms with E-state index in [0.29, 0.717) is 6.54 Å². The number of aliphatic hydroxyl groups is 1. The Balaban J connectivity index is 2.07. The second-order valence-corrected chi connectivity index (χ2v) is 6.29. The first kappa shape index (κ1) is 13.8. The van der Waals surface area contributed by atoms with E-state index in [-0.39, 0.29) is 30.0 Å². The summed E-state index contributed by atoms with van der Waals surface area (Å²) in [6.07, 6.45) is 1.78. The van der Waals surface area contributed by atoms with Crippen LogP contribution >= 0.6 is 0 Å². The highest BCUT2D eigenvalue weighted by molar-refractivity contribution is 5.80. The smallest absolute Gasteiger partial charge is 0.228 e. The Morgan fingerprint density at radius 3 is 2.50 bits per heavy atom. The zero-order valence-electron chi connectivity index (χ0n) is 11.8. The van der Waals surface area contributed by atoms with Crippen molar-refractivity contribution < 1.29 is 14.6 Å². The van der Waals surface area contributed by atoms with Crippen molar-refractivity contribution in [3.05, 3.63) is 0 Å². The molecule has 4 nitrogen and oxygen atoms in total. The molecule has 104 valence electrons. The molecule has 4 heteroatoms. The minimum absolute atomic E-state index is 0.0191. The predicted molar refractivity (Wildman–Crippen MR) is 69.1 cm³/mol. The van der Waals surface area contributed by atoms with Crippen LogP contribution in [0.2, 0.25) is 0 Å². The van der Waals surface area contributed by atoms with E-state index < -0.39 is 5.60 Å². The third kappa shape index (κ3) is 2.54. The summed E-state index contributed by atoms with van der Waals surface area (Å²) < 4.78 is 5.74. The molecule has 1 N–H and O–H groups in total.